The topological polar surface area (TPSA) is 79.5 Å². The zero-order chi connectivity index (χ0) is 12.8. The van der Waals surface area contributed by atoms with Gasteiger partial charge >= 0.3 is 5.97 Å². The first-order chi connectivity index (χ1) is 7.99. The second-order valence-electron chi connectivity index (χ2n) is 4.07. The fourth-order valence-corrected chi connectivity index (χ4v) is 1.48. The van der Waals surface area contributed by atoms with Gasteiger partial charge in [0.1, 0.15) is 5.76 Å². The minimum absolute atomic E-state index is 0.0627. The Morgan fingerprint density at radius 3 is 2.71 bits per heavy atom. The molecule has 0 spiro atoms. The van der Waals surface area contributed by atoms with Crippen LogP contribution in [-0.2, 0) is 4.79 Å². The molecule has 0 aliphatic rings. The van der Waals surface area contributed by atoms with Gasteiger partial charge in [0.2, 0.25) is 0 Å². The van der Waals surface area contributed by atoms with Gasteiger partial charge in [0.05, 0.1) is 0 Å². The highest BCUT2D eigenvalue weighted by atomic mass is 16.4. The van der Waals surface area contributed by atoms with E-state index < -0.39 is 5.97 Å². The smallest absolute Gasteiger partial charge is 0.303 e. The van der Waals surface area contributed by atoms with Gasteiger partial charge in [-0.2, -0.15) is 0 Å². The fraction of sp³-hybridized carbons (Fsp3) is 0.500. The van der Waals surface area contributed by atoms with Crippen molar-refractivity contribution >= 4 is 11.9 Å². The largest absolute Gasteiger partial charge is 0.481 e. The lowest BCUT2D eigenvalue weighted by Crippen LogP contribution is -2.32. The first-order valence-corrected chi connectivity index (χ1v) is 5.58. The van der Waals surface area contributed by atoms with Crippen LogP contribution < -0.4 is 5.32 Å². The highest BCUT2D eigenvalue weighted by molar-refractivity contribution is 5.91. The Morgan fingerprint density at radius 2 is 2.18 bits per heavy atom. The Morgan fingerprint density at radius 1 is 1.47 bits per heavy atom. The lowest BCUT2D eigenvalue weighted by atomic mass is 10.1. The van der Waals surface area contributed by atoms with E-state index in [1.165, 1.54) is 0 Å². The third kappa shape index (κ3) is 4.72. The minimum Gasteiger partial charge on any atom is -0.481 e. The van der Waals surface area contributed by atoms with Crippen LogP contribution in [0, 0.1) is 6.92 Å². The standard InChI is InChI=1S/C12H17NO4/c1-8(4-3-5-11(14)15)13-12(16)10-7-6-9(2)17-10/h6-8H,3-5H2,1-2H3,(H,13,16)(H,14,15). The number of aryl methyl sites for hydroxylation is 1. The van der Waals surface area contributed by atoms with Gasteiger partial charge in [-0.1, -0.05) is 0 Å². The summed E-state index contributed by atoms with van der Waals surface area (Å²) in [5.74, 6) is -0.104. The van der Waals surface area contributed by atoms with Crippen LogP contribution in [0.25, 0.3) is 0 Å². The molecular formula is C12H17NO4. The number of carbonyl (C=O) groups excluding carboxylic acids is 1. The van der Waals surface area contributed by atoms with Gasteiger partial charge in [0.25, 0.3) is 5.91 Å². The Hall–Kier alpha value is -1.78. The van der Waals surface area contributed by atoms with E-state index in [-0.39, 0.29) is 24.1 Å². The average molecular weight is 239 g/mol. The summed E-state index contributed by atoms with van der Waals surface area (Å²) in [5, 5.41) is 11.2. The van der Waals surface area contributed by atoms with Crippen molar-refractivity contribution < 1.29 is 19.1 Å². The molecule has 0 aromatic carbocycles. The van der Waals surface area contributed by atoms with Crippen molar-refractivity contribution in [2.45, 2.75) is 39.2 Å². The molecule has 1 amide bonds. The van der Waals surface area contributed by atoms with Gasteiger partial charge in [-0.15, -0.1) is 0 Å². The summed E-state index contributed by atoms with van der Waals surface area (Å²) in [7, 11) is 0. The van der Waals surface area contributed by atoms with Crippen molar-refractivity contribution in [3.05, 3.63) is 23.7 Å². The third-order valence-corrected chi connectivity index (χ3v) is 2.37. The molecule has 5 heteroatoms. The van der Waals surface area contributed by atoms with Gasteiger partial charge in [-0.3, -0.25) is 9.59 Å². The number of rotatable bonds is 6. The summed E-state index contributed by atoms with van der Waals surface area (Å²) in [5.41, 5.74) is 0. The normalized spacial score (nSPS) is 12.1. The van der Waals surface area contributed by atoms with Crippen molar-refractivity contribution in [1.82, 2.24) is 5.32 Å². The molecule has 1 heterocycles. The molecule has 1 atom stereocenters. The first kappa shape index (κ1) is 13.3. The molecule has 0 aliphatic carbocycles. The molecular weight excluding hydrogens is 222 g/mol. The fourth-order valence-electron chi connectivity index (χ4n) is 1.48. The van der Waals surface area contributed by atoms with Crippen LogP contribution in [0.5, 0.6) is 0 Å². The van der Waals surface area contributed by atoms with Crippen molar-refractivity contribution in [3.8, 4) is 0 Å². The second kappa shape index (κ2) is 6.08. The molecule has 2 N–H and O–H groups in total. The zero-order valence-electron chi connectivity index (χ0n) is 10.0. The van der Waals surface area contributed by atoms with E-state index in [1.54, 1.807) is 19.1 Å². The summed E-state index contributed by atoms with van der Waals surface area (Å²) in [6.45, 7) is 3.61. The maximum Gasteiger partial charge on any atom is 0.303 e. The van der Waals surface area contributed by atoms with E-state index in [0.717, 1.165) is 0 Å². The molecule has 0 saturated carbocycles. The Labute approximate surface area is 99.8 Å². The van der Waals surface area contributed by atoms with Crippen molar-refractivity contribution in [2.24, 2.45) is 0 Å². The molecule has 0 bridgehead atoms. The maximum atomic E-state index is 11.6. The Kier molecular flexibility index (Phi) is 4.75. The van der Waals surface area contributed by atoms with Gasteiger partial charge in [-0.25, -0.2) is 0 Å². The predicted molar refractivity (Wildman–Crippen MR) is 61.9 cm³/mol. The van der Waals surface area contributed by atoms with E-state index in [0.29, 0.717) is 18.6 Å². The van der Waals surface area contributed by atoms with E-state index in [1.807, 2.05) is 6.92 Å². The zero-order valence-corrected chi connectivity index (χ0v) is 10.0. The monoisotopic (exact) mass is 239 g/mol. The van der Waals surface area contributed by atoms with E-state index in [2.05, 4.69) is 5.32 Å². The number of furan rings is 1. The van der Waals surface area contributed by atoms with Crippen LogP contribution in [-0.4, -0.2) is 23.0 Å². The number of carboxylic acid groups (broad SMARTS) is 1. The highest BCUT2D eigenvalue weighted by Crippen LogP contribution is 2.07. The summed E-state index contributed by atoms with van der Waals surface area (Å²) in [6, 6.07) is 3.28. The molecule has 1 rings (SSSR count). The van der Waals surface area contributed by atoms with Crippen molar-refractivity contribution in [2.75, 3.05) is 0 Å². The van der Waals surface area contributed by atoms with Crippen LogP contribution in [0.15, 0.2) is 16.5 Å². The molecule has 1 aromatic rings. The van der Waals surface area contributed by atoms with Gasteiger partial charge in [0, 0.05) is 12.5 Å². The van der Waals surface area contributed by atoms with Gasteiger partial charge in [0.15, 0.2) is 5.76 Å². The predicted octanol–water partition coefficient (Wildman–Crippen LogP) is 1.96. The van der Waals surface area contributed by atoms with Gasteiger partial charge < -0.3 is 14.8 Å². The summed E-state index contributed by atoms with van der Waals surface area (Å²) in [4.78, 5) is 22.0. The Balaban J connectivity index is 2.33. The second-order valence-corrected chi connectivity index (χ2v) is 4.07. The van der Waals surface area contributed by atoms with Crippen LogP contribution in [0.3, 0.4) is 0 Å². The minimum atomic E-state index is -0.815. The number of carboxylic acids is 1. The van der Waals surface area contributed by atoms with E-state index in [9.17, 15) is 9.59 Å². The quantitative estimate of drug-likeness (QED) is 0.795. The lowest BCUT2D eigenvalue weighted by molar-refractivity contribution is -0.137. The molecule has 5 nitrogen and oxygen atoms in total. The summed E-state index contributed by atoms with van der Waals surface area (Å²) in [6.07, 6.45) is 1.31. The molecule has 1 aromatic heterocycles. The molecule has 0 fully saturated rings. The summed E-state index contributed by atoms with van der Waals surface area (Å²) >= 11 is 0. The van der Waals surface area contributed by atoms with Gasteiger partial charge in [-0.05, 0) is 38.8 Å². The number of hydrogen-bond acceptors (Lipinski definition) is 3. The molecule has 0 saturated heterocycles. The number of aliphatic carboxylic acids is 1. The van der Waals surface area contributed by atoms with E-state index >= 15 is 0 Å². The van der Waals surface area contributed by atoms with Crippen molar-refractivity contribution in [3.63, 3.8) is 0 Å². The average Bonchev–Trinajstić information content (AvgIpc) is 2.64. The van der Waals surface area contributed by atoms with Crippen LogP contribution in [0.2, 0.25) is 0 Å². The lowest BCUT2D eigenvalue weighted by Gasteiger charge is -2.11. The van der Waals surface area contributed by atoms with Crippen LogP contribution in [0.1, 0.15) is 42.5 Å². The molecule has 17 heavy (non-hydrogen) atoms. The Bertz CT molecular complexity index is 397. The first-order valence-electron chi connectivity index (χ1n) is 5.58. The highest BCUT2D eigenvalue weighted by Gasteiger charge is 2.13. The number of nitrogens with one attached hydrogen (secondary N) is 1. The van der Waals surface area contributed by atoms with Crippen molar-refractivity contribution in [1.29, 1.82) is 0 Å². The molecule has 0 aliphatic heterocycles. The molecule has 0 radical (unpaired) electrons. The number of amides is 1. The SMILES string of the molecule is Cc1ccc(C(=O)NC(C)CCCC(=O)O)o1. The third-order valence-electron chi connectivity index (χ3n) is 2.37. The number of carbonyl (C=O) groups is 2. The van der Waals surface area contributed by atoms with E-state index in [4.69, 9.17) is 9.52 Å². The molecule has 94 valence electrons. The summed E-state index contributed by atoms with van der Waals surface area (Å²) < 4.78 is 5.18. The van der Waals surface area contributed by atoms with Crippen LogP contribution in [0.4, 0.5) is 0 Å². The molecule has 1 unspecified atom stereocenters. The maximum absolute atomic E-state index is 11.6. The van der Waals surface area contributed by atoms with Crippen LogP contribution >= 0.6 is 0 Å². The number of hydrogen-bond donors (Lipinski definition) is 2.